The number of hydrogen-bond donors (Lipinski definition) is 1. The fourth-order valence-electron chi connectivity index (χ4n) is 2.58. The van der Waals surface area contributed by atoms with Crippen molar-refractivity contribution in [3.05, 3.63) is 95.6 Å². The minimum Gasteiger partial charge on any atom is -0.457 e. The molecule has 0 spiro atoms. The van der Waals surface area contributed by atoms with E-state index in [4.69, 9.17) is 9.47 Å². The molecule has 2 aromatic carbocycles. The highest BCUT2D eigenvalue weighted by atomic mass is 16.6. The maximum Gasteiger partial charge on any atom is 0.373 e. The molecule has 1 N–H and O–H groups in total. The standard InChI is InChI=1S/C21H15N5O4/c27-26(28)19-20(23-14-24-21(19)30-18-7-4-12-22-13-18)25-15-8-10-17(11-9-15)29-16-5-2-1-3-6-16/h1-14H,(H,23,24,25). The zero-order valence-electron chi connectivity index (χ0n) is 15.5. The molecule has 0 saturated carbocycles. The third-order valence-electron chi connectivity index (χ3n) is 3.92. The largest absolute Gasteiger partial charge is 0.457 e. The van der Waals surface area contributed by atoms with Crippen LogP contribution in [0.25, 0.3) is 0 Å². The Labute approximate surface area is 171 Å². The molecule has 0 radical (unpaired) electrons. The van der Waals surface area contributed by atoms with E-state index in [1.807, 2.05) is 30.3 Å². The number of para-hydroxylation sites is 1. The number of rotatable bonds is 7. The minimum absolute atomic E-state index is 0.00520. The molecule has 0 fully saturated rings. The number of benzene rings is 2. The molecule has 0 aliphatic carbocycles. The highest BCUT2D eigenvalue weighted by Gasteiger charge is 2.25. The fourth-order valence-corrected chi connectivity index (χ4v) is 2.58. The molecule has 4 aromatic rings. The van der Waals surface area contributed by atoms with Crippen molar-refractivity contribution < 1.29 is 14.4 Å². The van der Waals surface area contributed by atoms with Crippen LogP contribution in [0, 0.1) is 10.1 Å². The quantitative estimate of drug-likeness (QED) is 0.336. The van der Waals surface area contributed by atoms with Gasteiger partial charge in [-0.2, -0.15) is 4.98 Å². The van der Waals surface area contributed by atoms with Gasteiger partial charge in [0.25, 0.3) is 0 Å². The average molecular weight is 401 g/mol. The highest BCUT2D eigenvalue weighted by Crippen LogP contribution is 2.35. The minimum atomic E-state index is -0.596. The fraction of sp³-hybridized carbons (Fsp3) is 0. The first-order valence-electron chi connectivity index (χ1n) is 8.86. The molecule has 30 heavy (non-hydrogen) atoms. The van der Waals surface area contributed by atoms with Crippen LogP contribution in [0.3, 0.4) is 0 Å². The lowest BCUT2D eigenvalue weighted by atomic mass is 10.3. The van der Waals surface area contributed by atoms with Gasteiger partial charge in [0, 0.05) is 11.9 Å². The molecule has 9 heteroatoms. The molecule has 0 unspecified atom stereocenters. The van der Waals surface area contributed by atoms with Crippen molar-refractivity contribution in [3.63, 3.8) is 0 Å². The Kier molecular flexibility index (Phi) is 5.43. The molecule has 2 aromatic heterocycles. The number of aromatic nitrogens is 3. The van der Waals surface area contributed by atoms with Crippen LogP contribution < -0.4 is 14.8 Å². The van der Waals surface area contributed by atoms with Crippen molar-refractivity contribution in [2.45, 2.75) is 0 Å². The Balaban J connectivity index is 1.55. The number of nitrogens with one attached hydrogen (secondary N) is 1. The van der Waals surface area contributed by atoms with Gasteiger partial charge in [0.2, 0.25) is 5.82 Å². The first-order chi connectivity index (χ1) is 14.7. The SMILES string of the molecule is O=[N+]([O-])c1c(Nc2ccc(Oc3ccccc3)cc2)ncnc1Oc1cccnc1. The third kappa shape index (κ3) is 4.47. The van der Waals surface area contributed by atoms with Crippen LogP contribution in [0.4, 0.5) is 17.2 Å². The zero-order chi connectivity index (χ0) is 20.8. The molecule has 0 saturated heterocycles. The summed E-state index contributed by atoms with van der Waals surface area (Å²) in [6.07, 6.45) is 4.19. The monoisotopic (exact) mass is 401 g/mol. The molecule has 2 heterocycles. The molecule has 0 atom stereocenters. The van der Waals surface area contributed by atoms with E-state index in [0.29, 0.717) is 22.9 Å². The summed E-state index contributed by atoms with van der Waals surface area (Å²) in [6, 6.07) is 19.6. The molecule has 9 nitrogen and oxygen atoms in total. The maximum absolute atomic E-state index is 11.7. The summed E-state index contributed by atoms with van der Waals surface area (Å²) in [6.45, 7) is 0. The van der Waals surface area contributed by atoms with Gasteiger partial charge >= 0.3 is 11.6 Å². The van der Waals surface area contributed by atoms with Gasteiger partial charge in [-0.15, -0.1) is 0 Å². The Bertz CT molecular complexity index is 1140. The smallest absolute Gasteiger partial charge is 0.373 e. The normalized spacial score (nSPS) is 10.3. The number of nitro groups is 1. The van der Waals surface area contributed by atoms with Crippen LogP contribution in [0.5, 0.6) is 23.1 Å². The average Bonchev–Trinajstić information content (AvgIpc) is 2.76. The Morgan fingerprint density at radius 1 is 0.833 bits per heavy atom. The molecule has 0 aliphatic heterocycles. The van der Waals surface area contributed by atoms with Crippen molar-refractivity contribution in [2.75, 3.05) is 5.32 Å². The summed E-state index contributed by atoms with van der Waals surface area (Å²) < 4.78 is 11.3. The number of anilines is 2. The van der Waals surface area contributed by atoms with Crippen LogP contribution in [0.15, 0.2) is 85.5 Å². The Hall–Kier alpha value is -4.53. The van der Waals surface area contributed by atoms with E-state index in [0.717, 1.165) is 0 Å². The van der Waals surface area contributed by atoms with Crippen molar-refractivity contribution in [3.8, 4) is 23.1 Å². The topological polar surface area (TPSA) is 112 Å². The summed E-state index contributed by atoms with van der Waals surface area (Å²) in [5.74, 6) is 1.49. The number of nitrogens with zero attached hydrogens (tertiary/aromatic N) is 4. The lowest BCUT2D eigenvalue weighted by molar-refractivity contribution is -0.385. The Morgan fingerprint density at radius 2 is 1.57 bits per heavy atom. The summed E-state index contributed by atoms with van der Waals surface area (Å²) in [5, 5.41) is 14.6. The van der Waals surface area contributed by atoms with E-state index >= 15 is 0 Å². The second-order valence-corrected chi connectivity index (χ2v) is 5.99. The van der Waals surface area contributed by atoms with E-state index in [1.54, 1.807) is 42.6 Å². The van der Waals surface area contributed by atoms with Crippen molar-refractivity contribution in [1.29, 1.82) is 0 Å². The predicted octanol–water partition coefficient (Wildman–Crippen LogP) is 5.11. The summed E-state index contributed by atoms with van der Waals surface area (Å²) in [5.41, 5.74) is 0.204. The van der Waals surface area contributed by atoms with E-state index < -0.39 is 4.92 Å². The molecule has 0 aliphatic rings. The van der Waals surface area contributed by atoms with E-state index in [1.165, 1.54) is 12.5 Å². The summed E-state index contributed by atoms with van der Waals surface area (Å²) in [7, 11) is 0. The first kappa shape index (κ1) is 18.8. The van der Waals surface area contributed by atoms with Crippen molar-refractivity contribution in [1.82, 2.24) is 15.0 Å². The first-order valence-corrected chi connectivity index (χ1v) is 8.86. The van der Waals surface area contributed by atoms with Crippen LogP contribution in [-0.4, -0.2) is 19.9 Å². The van der Waals surface area contributed by atoms with Crippen molar-refractivity contribution >= 4 is 17.2 Å². The zero-order valence-corrected chi connectivity index (χ0v) is 15.5. The summed E-state index contributed by atoms with van der Waals surface area (Å²) >= 11 is 0. The van der Waals surface area contributed by atoms with Gasteiger partial charge in [-0.25, -0.2) is 4.98 Å². The number of ether oxygens (including phenoxy) is 2. The van der Waals surface area contributed by atoms with Gasteiger partial charge in [-0.3, -0.25) is 15.1 Å². The van der Waals surface area contributed by atoms with Gasteiger partial charge < -0.3 is 14.8 Å². The van der Waals surface area contributed by atoms with E-state index in [2.05, 4.69) is 20.3 Å². The Morgan fingerprint density at radius 3 is 2.27 bits per heavy atom. The predicted molar refractivity (Wildman–Crippen MR) is 109 cm³/mol. The maximum atomic E-state index is 11.7. The van der Waals surface area contributed by atoms with Gasteiger partial charge in [-0.1, -0.05) is 18.2 Å². The van der Waals surface area contributed by atoms with Crippen LogP contribution >= 0.6 is 0 Å². The lowest BCUT2D eigenvalue weighted by Gasteiger charge is -2.10. The van der Waals surface area contributed by atoms with Crippen LogP contribution in [-0.2, 0) is 0 Å². The van der Waals surface area contributed by atoms with Gasteiger partial charge in [0.1, 0.15) is 23.6 Å². The van der Waals surface area contributed by atoms with E-state index in [-0.39, 0.29) is 17.4 Å². The number of hydrogen-bond acceptors (Lipinski definition) is 8. The van der Waals surface area contributed by atoms with Gasteiger partial charge in [-0.05, 0) is 48.5 Å². The third-order valence-corrected chi connectivity index (χ3v) is 3.92. The molecule has 4 rings (SSSR count). The van der Waals surface area contributed by atoms with Gasteiger partial charge in [0.05, 0.1) is 11.1 Å². The highest BCUT2D eigenvalue weighted by molar-refractivity contribution is 5.69. The van der Waals surface area contributed by atoms with E-state index in [9.17, 15) is 10.1 Å². The van der Waals surface area contributed by atoms with Crippen LogP contribution in [0.1, 0.15) is 0 Å². The lowest BCUT2D eigenvalue weighted by Crippen LogP contribution is -2.03. The molecule has 0 amide bonds. The second-order valence-electron chi connectivity index (χ2n) is 5.99. The molecular weight excluding hydrogens is 386 g/mol. The second kappa shape index (κ2) is 8.65. The van der Waals surface area contributed by atoms with Gasteiger partial charge in [0.15, 0.2) is 0 Å². The molecule has 0 bridgehead atoms. The summed E-state index contributed by atoms with van der Waals surface area (Å²) in [4.78, 5) is 22.9. The van der Waals surface area contributed by atoms with Crippen LogP contribution in [0.2, 0.25) is 0 Å². The molecule has 148 valence electrons. The number of pyridine rings is 1. The molecular formula is C21H15N5O4. The van der Waals surface area contributed by atoms with Crippen molar-refractivity contribution in [2.24, 2.45) is 0 Å².